The van der Waals surface area contributed by atoms with Crippen LogP contribution in [0, 0.1) is 6.92 Å². The molecule has 0 spiro atoms. The number of nitrogen functional groups attached to an aromatic ring is 1. The lowest BCUT2D eigenvalue weighted by atomic mass is 10.2. The number of rotatable bonds is 5. The molecule has 1 heterocycles. The van der Waals surface area contributed by atoms with Crippen LogP contribution in [-0.2, 0) is 9.53 Å². The number of ether oxygens (including phenoxy) is 1. The number of aryl methyl sites for hydroxylation is 1. The van der Waals surface area contributed by atoms with Crippen molar-refractivity contribution in [2.24, 2.45) is 5.10 Å². The van der Waals surface area contributed by atoms with Gasteiger partial charge in [0.2, 0.25) is 0 Å². The highest BCUT2D eigenvalue weighted by molar-refractivity contribution is 7.13. The van der Waals surface area contributed by atoms with Crippen molar-refractivity contribution in [1.82, 2.24) is 4.98 Å². The molecule has 2 aromatic rings. The molecule has 0 aliphatic rings. The number of carbonyl (C=O) groups is 1. The molecular weight excluding hydrogens is 288 g/mol. The van der Waals surface area contributed by atoms with E-state index in [4.69, 9.17) is 10.5 Å². The summed E-state index contributed by atoms with van der Waals surface area (Å²) in [5, 5.41) is 6.16. The van der Waals surface area contributed by atoms with Crippen LogP contribution in [0.1, 0.15) is 18.2 Å². The van der Waals surface area contributed by atoms with E-state index >= 15 is 0 Å². The molecule has 6 nitrogen and oxygen atoms in total. The molecule has 0 aliphatic heterocycles. The van der Waals surface area contributed by atoms with E-state index < -0.39 is 5.97 Å². The van der Waals surface area contributed by atoms with Crippen molar-refractivity contribution < 1.29 is 9.53 Å². The number of nitrogens with one attached hydrogen (secondary N) is 1. The van der Waals surface area contributed by atoms with E-state index in [-0.39, 0.29) is 12.3 Å². The number of anilines is 2. The summed E-state index contributed by atoms with van der Waals surface area (Å²) in [4.78, 5) is 16.0. The molecule has 21 heavy (non-hydrogen) atoms. The Labute approximate surface area is 126 Å². The zero-order valence-corrected chi connectivity index (χ0v) is 12.6. The lowest BCUT2D eigenvalue weighted by Crippen LogP contribution is -2.20. The second-order valence-corrected chi connectivity index (χ2v) is 5.12. The number of hydrogen-bond donors (Lipinski definition) is 2. The van der Waals surface area contributed by atoms with E-state index in [9.17, 15) is 4.79 Å². The van der Waals surface area contributed by atoms with Gasteiger partial charge >= 0.3 is 5.97 Å². The number of thiazole rings is 1. The normalized spacial score (nSPS) is 11.2. The number of esters is 1. The quantitative estimate of drug-likeness (QED) is 0.503. The smallest absolute Gasteiger partial charge is 0.361 e. The number of hydrogen-bond acceptors (Lipinski definition) is 7. The van der Waals surface area contributed by atoms with E-state index in [2.05, 4.69) is 15.5 Å². The highest BCUT2D eigenvalue weighted by Gasteiger charge is 2.18. The van der Waals surface area contributed by atoms with Crippen LogP contribution in [-0.4, -0.2) is 23.3 Å². The van der Waals surface area contributed by atoms with Crippen molar-refractivity contribution >= 4 is 33.8 Å². The summed E-state index contributed by atoms with van der Waals surface area (Å²) < 4.78 is 4.99. The number of hydrazone groups is 1. The molecule has 0 saturated carbocycles. The maximum absolute atomic E-state index is 12.0. The molecule has 0 fully saturated rings. The summed E-state index contributed by atoms with van der Waals surface area (Å²) in [5.41, 5.74) is 10.8. The minimum absolute atomic E-state index is 0.103. The van der Waals surface area contributed by atoms with Crippen LogP contribution in [0.25, 0.3) is 0 Å². The SMILES string of the molecule is CCOC(=O)C(=NNc1cccc(C)c1)c1csc(N)n1. The van der Waals surface area contributed by atoms with Gasteiger partial charge in [0.05, 0.1) is 12.3 Å². The molecule has 2 rings (SSSR count). The van der Waals surface area contributed by atoms with Gasteiger partial charge in [-0.3, -0.25) is 5.43 Å². The molecule has 0 saturated heterocycles. The lowest BCUT2D eigenvalue weighted by molar-refractivity contribution is -0.134. The van der Waals surface area contributed by atoms with Gasteiger partial charge in [-0.2, -0.15) is 5.10 Å². The zero-order chi connectivity index (χ0) is 15.2. The van der Waals surface area contributed by atoms with Crippen molar-refractivity contribution in [2.75, 3.05) is 17.8 Å². The van der Waals surface area contributed by atoms with E-state index in [1.54, 1.807) is 12.3 Å². The molecule has 0 bridgehead atoms. The summed E-state index contributed by atoms with van der Waals surface area (Å²) in [6.45, 7) is 3.98. The number of carbonyl (C=O) groups excluding carboxylic acids is 1. The second kappa shape index (κ2) is 6.85. The average molecular weight is 304 g/mol. The highest BCUT2D eigenvalue weighted by atomic mass is 32.1. The number of aromatic nitrogens is 1. The van der Waals surface area contributed by atoms with Crippen molar-refractivity contribution in [3.63, 3.8) is 0 Å². The van der Waals surface area contributed by atoms with Crippen molar-refractivity contribution in [1.29, 1.82) is 0 Å². The van der Waals surface area contributed by atoms with Crippen LogP contribution in [0.4, 0.5) is 10.8 Å². The maximum Gasteiger partial charge on any atom is 0.361 e. The Balaban J connectivity index is 2.26. The average Bonchev–Trinajstić information content (AvgIpc) is 2.86. The van der Waals surface area contributed by atoms with Gasteiger partial charge in [-0.15, -0.1) is 11.3 Å². The molecular formula is C14H16N4O2S. The Morgan fingerprint density at radius 1 is 1.52 bits per heavy atom. The van der Waals surface area contributed by atoms with Crippen LogP contribution in [0.15, 0.2) is 34.7 Å². The first-order valence-electron chi connectivity index (χ1n) is 6.39. The summed E-state index contributed by atoms with van der Waals surface area (Å²) in [6, 6.07) is 7.65. The lowest BCUT2D eigenvalue weighted by Gasteiger charge is -2.05. The van der Waals surface area contributed by atoms with E-state index in [0.29, 0.717) is 10.8 Å². The van der Waals surface area contributed by atoms with Gasteiger partial charge in [0.15, 0.2) is 10.8 Å². The maximum atomic E-state index is 12.0. The standard InChI is InChI=1S/C14H16N4O2S/c1-3-20-13(19)12(11-8-21-14(15)16-11)18-17-10-6-4-5-9(2)7-10/h4-8,17H,3H2,1-2H3,(H2,15,16). The van der Waals surface area contributed by atoms with Gasteiger partial charge in [0.25, 0.3) is 0 Å². The van der Waals surface area contributed by atoms with Gasteiger partial charge in [-0.05, 0) is 31.5 Å². The van der Waals surface area contributed by atoms with Crippen molar-refractivity contribution in [2.45, 2.75) is 13.8 Å². The fourth-order valence-electron chi connectivity index (χ4n) is 1.64. The molecule has 7 heteroatoms. The summed E-state index contributed by atoms with van der Waals surface area (Å²) >= 11 is 1.24. The molecule has 110 valence electrons. The third-order valence-electron chi connectivity index (χ3n) is 2.55. The Morgan fingerprint density at radius 3 is 2.95 bits per heavy atom. The van der Waals surface area contributed by atoms with Crippen LogP contribution >= 0.6 is 11.3 Å². The monoisotopic (exact) mass is 304 g/mol. The van der Waals surface area contributed by atoms with Crippen LogP contribution in [0.5, 0.6) is 0 Å². The van der Waals surface area contributed by atoms with Crippen molar-refractivity contribution in [3.05, 3.63) is 40.9 Å². The first-order valence-corrected chi connectivity index (χ1v) is 7.27. The van der Waals surface area contributed by atoms with Gasteiger partial charge in [0, 0.05) is 5.38 Å². The summed E-state index contributed by atoms with van der Waals surface area (Å²) in [5.74, 6) is -0.539. The topological polar surface area (TPSA) is 89.6 Å². The highest BCUT2D eigenvalue weighted by Crippen LogP contribution is 2.14. The fraction of sp³-hybridized carbons (Fsp3) is 0.214. The van der Waals surface area contributed by atoms with Crippen LogP contribution in [0.3, 0.4) is 0 Å². The fourth-order valence-corrected chi connectivity index (χ4v) is 2.19. The molecule has 0 aliphatic carbocycles. The Bertz CT molecular complexity index is 666. The van der Waals surface area contributed by atoms with Gasteiger partial charge < -0.3 is 10.5 Å². The summed E-state index contributed by atoms with van der Waals surface area (Å²) in [6.07, 6.45) is 0. The second-order valence-electron chi connectivity index (χ2n) is 4.23. The molecule has 0 atom stereocenters. The largest absolute Gasteiger partial charge is 0.461 e. The van der Waals surface area contributed by atoms with Crippen LogP contribution < -0.4 is 11.2 Å². The molecule has 0 unspecified atom stereocenters. The van der Waals surface area contributed by atoms with E-state index in [0.717, 1.165) is 11.3 Å². The van der Waals surface area contributed by atoms with E-state index in [1.807, 2.05) is 31.2 Å². The predicted molar refractivity (Wildman–Crippen MR) is 84.5 cm³/mol. The van der Waals surface area contributed by atoms with Gasteiger partial charge in [-0.1, -0.05) is 12.1 Å². The minimum atomic E-state index is -0.539. The molecule has 1 aromatic carbocycles. The molecule has 0 amide bonds. The summed E-state index contributed by atoms with van der Waals surface area (Å²) in [7, 11) is 0. The number of nitrogens with zero attached hydrogens (tertiary/aromatic N) is 2. The molecule has 1 aromatic heterocycles. The molecule has 3 N–H and O–H groups in total. The molecule has 0 radical (unpaired) electrons. The van der Waals surface area contributed by atoms with E-state index in [1.165, 1.54) is 11.3 Å². The van der Waals surface area contributed by atoms with Gasteiger partial charge in [-0.25, -0.2) is 9.78 Å². The third-order valence-corrected chi connectivity index (χ3v) is 3.22. The first kappa shape index (κ1) is 15.0. The van der Waals surface area contributed by atoms with Crippen molar-refractivity contribution in [3.8, 4) is 0 Å². The Morgan fingerprint density at radius 2 is 2.33 bits per heavy atom. The van der Waals surface area contributed by atoms with Crippen LogP contribution in [0.2, 0.25) is 0 Å². The Kier molecular flexibility index (Phi) is 4.89. The first-order chi connectivity index (χ1) is 10.1. The number of benzene rings is 1. The Hall–Kier alpha value is -2.41. The predicted octanol–water partition coefficient (Wildman–Crippen LogP) is 2.41. The zero-order valence-electron chi connectivity index (χ0n) is 11.8. The van der Waals surface area contributed by atoms with Gasteiger partial charge in [0.1, 0.15) is 5.69 Å². The number of nitrogens with two attached hydrogens (primary N) is 1. The third kappa shape index (κ3) is 4.03. The minimum Gasteiger partial charge on any atom is -0.461 e.